The molecule has 0 spiro atoms. The molecule has 0 aromatic heterocycles. The maximum atomic E-state index is 13.9. The molecule has 0 heterocycles. The summed E-state index contributed by atoms with van der Waals surface area (Å²) in [6, 6.07) is 7.10. The monoisotopic (exact) mass is 563 g/mol. The number of hydrogen-bond acceptors (Lipinski definition) is 5. The summed E-state index contributed by atoms with van der Waals surface area (Å²) in [4.78, 5) is -1.74. The molecule has 0 fully saturated rings. The highest BCUT2D eigenvalue weighted by atomic mass is 32.2. The fraction of sp³-hybridized carbons (Fsp3) is 0.250. The van der Waals surface area contributed by atoms with Crippen LogP contribution in [0, 0.1) is 18.6 Å². The molecule has 0 aliphatic rings. The van der Waals surface area contributed by atoms with Gasteiger partial charge < -0.3 is 5.11 Å². The second-order valence-electron chi connectivity index (χ2n) is 9.31. The molecule has 0 bridgehead atoms. The average molecular weight is 564 g/mol. The van der Waals surface area contributed by atoms with Crippen LogP contribution in [0.4, 0.5) is 27.6 Å². The van der Waals surface area contributed by atoms with Crippen molar-refractivity contribution >= 4 is 25.5 Å². The van der Waals surface area contributed by atoms with Crippen LogP contribution < -0.4 is 4.72 Å². The van der Waals surface area contributed by atoms with Crippen LogP contribution >= 0.6 is 0 Å². The van der Waals surface area contributed by atoms with Gasteiger partial charge in [-0.3, -0.25) is 4.72 Å². The van der Waals surface area contributed by atoms with Gasteiger partial charge in [0, 0.05) is 11.6 Å². The van der Waals surface area contributed by atoms with Crippen LogP contribution in [0.2, 0.25) is 0 Å². The number of aryl methyl sites for hydroxylation is 1. The summed E-state index contributed by atoms with van der Waals surface area (Å²) in [5, 5.41) is 10.9. The predicted octanol–water partition coefficient (Wildman–Crippen LogP) is 6.04. The van der Waals surface area contributed by atoms with E-state index in [1.807, 2.05) is 0 Å². The van der Waals surface area contributed by atoms with Gasteiger partial charge >= 0.3 is 5.51 Å². The lowest BCUT2D eigenvalue weighted by Gasteiger charge is -2.24. The first kappa shape index (κ1) is 28.4. The van der Waals surface area contributed by atoms with Crippen molar-refractivity contribution in [3.8, 4) is 16.9 Å². The molecular formula is C24H22F5NO5S2. The Morgan fingerprint density at radius 3 is 1.84 bits per heavy atom. The van der Waals surface area contributed by atoms with Crippen LogP contribution in [0.25, 0.3) is 11.1 Å². The largest absolute Gasteiger partial charge is 0.506 e. The molecule has 3 aromatic carbocycles. The number of benzene rings is 3. The normalized spacial score (nSPS) is 13.0. The van der Waals surface area contributed by atoms with Gasteiger partial charge in [0.15, 0.2) is 0 Å². The van der Waals surface area contributed by atoms with Gasteiger partial charge in [0.1, 0.15) is 22.3 Å². The van der Waals surface area contributed by atoms with E-state index in [9.17, 15) is 43.9 Å². The van der Waals surface area contributed by atoms with Crippen molar-refractivity contribution in [2.45, 2.75) is 48.4 Å². The highest BCUT2D eigenvalue weighted by Crippen LogP contribution is 2.40. The Morgan fingerprint density at radius 1 is 0.811 bits per heavy atom. The van der Waals surface area contributed by atoms with E-state index in [1.54, 1.807) is 20.8 Å². The number of aromatic hydroxyl groups is 1. The van der Waals surface area contributed by atoms with Gasteiger partial charge in [-0.25, -0.2) is 25.6 Å². The Morgan fingerprint density at radius 2 is 1.35 bits per heavy atom. The van der Waals surface area contributed by atoms with E-state index in [0.717, 1.165) is 24.3 Å². The maximum Gasteiger partial charge on any atom is 0.501 e. The Labute approximate surface area is 210 Å². The lowest BCUT2D eigenvalue weighted by atomic mass is 9.84. The molecule has 0 radical (unpaired) electrons. The first-order valence-electron chi connectivity index (χ1n) is 10.5. The number of phenolic OH excluding ortho intramolecular Hbond substituents is 1. The molecule has 3 aromatic rings. The van der Waals surface area contributed by atoms with Crippen molar-refractivity contribution in [1.29, 1.82) is 0 Å². The van der Waals surface area contributed by atoms with Crippen LogP contribution in [0.15, 0.2) is 58.3 Å². The van der Waals surface area contributed by atoms with Crippen LogP contribution in [0.5, 0.6) is 5.75 Å². The van der Waals surface area contributed by atoms with E-state index in [4.69, 9.17) is 0 Å². The second kappa shape index (κ2) is 9.28. The molecule has 200 valence electrons. The molecular weight excluding hydrogens is 541 g/mol. The summed E-state index contributed by atoms with van der Waals surface area (Å²) in [5.41, 5.74) is -6.56. The van der Waals surface area contributed by atoms with E-state index in [1.165, 1.54) is 13.0 Å². The average Bonchev–Trinajstić information content (AvgIpc) is 2.72. The standard InChI is InChI=1S/C24H22F5NO5S2/c1-13-7-18(36(32,33)24(27,28)29)5-6-20(13)30-37(34,35)21-11-15(10-19(22(21)31)23(2,3)4)14-8-16(25)12-17(26)9-14/h5-12,30-31H,1-4H3. The van der Waals surface area contributed by atoms with Gasteiger partial charge in [0.05, 0.1) is 10.6 Å². The quantitative estimate of drug-likeness (QED) is 0.369. The van der Waals surface area contributed by atoms with Gasteiger partial charge in [0.2, 0.25) is 0 Å². The molecule has 13 heteroatoms. The molecule has 0 saturated carbocycles. The molecule has 0 unspecified atom stereocenters. The predicted molar refractivity (Wildman–Crippen MR) is 127 cm³/mol. The van der Waals surface area contributed by atoms with E-state index in [-0.39, 0.29) is 27.9 Å². The molecule has 3 rings (SSSR count). The number of phenols is 1. The second-order valence-corrected chi connectivity index (χ2v) is 12.9. The Hall–Kier alpha value is -3.19. The number of anilines is 1. The minimum atomic E-state index is -5.66. The summed E-state index contributed by atoms with van der Waals surface area (Å²) in [7, 11) is -10.3. The van der Waals surface area contributed by atoms with E-state index >= 15 is 0 Å². The van der Waals surface area contributed by atoms with Crippen molar-refractivity contribution in [2.75, 3.05) is 4.72 Å². The van der Waals surface area contributed by atoms with Gasteiger partial charge in [-0.2, -0.15) is 13.2 Å². The lowest BCUT2D eigenvalue weighted by Crippen LogP contribution is -2.23. The van der Waals surface area contributed by atoms with Crippen molar-refractivity contribution in [2.24, 2.45) is 0 Å². The zero-order chi connectivity index (χ0) is 28.1. The van der Waals surface area contributed by atoms with E-state index in [0.29, 0.717) is 18.2 Å². The number of sulfone groups is 1. The molecule has 6 nitrogen and oxygen atoms in total. The zero-order valence-electron chi connectivity index (χ0n) is 19.9. The van der Waals surface area contributed by atoms with Gasteiger partial charge in [-0.15, -0.1) is 0 Å². The van der Waals surface area contributed by atoms with Gasteiger partial charge in [-0.1, -0.05) is 20.8 Å². The van der Waals surface area contributed by atoms with Crippen LogP contribution in [-0.4, -0.2) is 27.5 Å². The topological polar surface area (TPSA) is 101 Å². The number of sulfonamides is 1. The highest BCUT2D eigenvalue weighted by Gasteiger charge is 2.47. The molecule has 37 heavy (non-hydrogen) atoms. The minimum absolute atomic E-state index is 0.00246. The summed E-state index contributed by atoms with van der Waals surface area (Å²) in [5.74, 6) is -2.46. The number of alkyl halides is 3. The first-order chi connectivity index (χ1) is 16.7. The zero-order valence-corrected chi connectivity index (χ0v) is 21.5. The Kier molecular flexibility index (Phi) is 7.12. The summed E-state index contributed by atoms with van der Waals surface area (Å²) in [6.07, 6.45) is 0. The van der Waals surface area contributed by atoms with Gasteiger partial charge in [0.25, 0.3) is 19.9 Å². The molecule has 0 aliphatic heterocycles. The molecule has 0 atom stereocenters. The van der Waals surface area contributed by atoms with Gasteiger partial charge in [-0.05, 0) is 71.5 Å². The third kappa shape index (κ3) is 5.72. The fourth-order valence-corrected chi connectivity index (χ4v) is 5.64. The fourth-order valence-electron chi connectivity index (χ4n) is 3.52. The van der Waals surface area contributed by atoms with E-state index in [2.05, 4.69) is 4.72 Å². The molecule has 0 aliphatic carbocycles. The minimum Gasteiger partial charge on any atom is -0.506 e. The van der Waals surface area contributed by atoms with Crippen molar-refractivity contribution in [1.82, 2.24) is 0 Å². The smallest absolute Gasteiger partial charge is 0.501 e. The van der Waals surface area contributed by atoms with Crippen LogP contribution in [0.3, 0.4) is 0 Å². The SMILES string of the molecule is Cc1cc(S(=O)(=O)C(F)(F)F)ccc1NS(=O)(=O)c1cc(-c2cc(F)cc(F)c2)cc(C(C)(C)C)c1O. The van der Waals surface area contributed by atoms with Crippen LogP contribution in [0.1, 0.15) is 31.9 Å². The van der Waals surface area contributed by atoms with Crippen LogP contribution in [-0.2, 0) is 25.3 Å². The van der Waals surface area contributed by atoms with Crippen molar-refractivity contribution in [3.63, 3.8) is 0 Å². The first-order valence-corrected chi connectivity index (χ1v) is 13.5. The third-order valence-corrected chi connectivity index (χ3v) is 8.29. The maximum absolute atomic E-state index is 13.9. The number of halogens is 5. The summed E-state index contributed by atoms with van der Waals surface area (Å²) >= 11 is 0. The van der Waals surface area contributed by atoms with Crippen molar-refractivity contribution in [3.05, 3.63) is 71.3 Å². The summed E-state index contributed by atoms with van der Waals surface area (Å²) in [6.45, 7) is 6.21. The molecule has 0 saturated heterocycles. The number of hydrogen-bond donors (Lipinski definition) is 2. The third-order valence-electron chi connectivity index (χ3n) is 5.43. The molecule has 2 N–H and O–H groups in total. The Bertz CT molecular complexity index is 1570. The molecule has 0 amide bonds. The number of nitrogens with one attached hydrogen (secondary N) is 1. The number of rotatable bonds is 5. The summed E-state index contributed by atoms with van der Waals surface area (Å²) < 4.78 is 118. The Balaban J connectivity index is 2.16. The van der Waals surface area contributed by atoms with Crippen molar-refractivity contribution < 1.29 is 43.9 Å². The highest BCUT2D eigenvalue weighted by molar-refractivity contribution is 7.93. The van der Waals surface area contributed by atoms with E-state index < -0.39 is 58.0 Å². The lowest BCUT2D eigenvalue weighted by molar-refractivity contribution is -0.0436.